The molecule has 1 rings (SSSR count). The third kappa shape index (κ3) is 4.23. The lowest BCUT2D eigenvalue weighted by Gasteiger charge is -2.28. The Labute approximate surface area is 116 Å². The lowest BCUT2D eigenvalue weighted by atomic mass is 10.1. The van der Waals surface area contributed by atoms with Crippen molar-refractivity contribution in [3.05, 3.63) is 35.1 Å². The van der Waals surface area contributed by atoms with Crippen molar-refractivity contribution in [2.24, 2.45) is 0 Å². The fraction of sp³-hybridized carbons (Fsp3) is 0.500. The zero-order chi connectivity index (χ0) is 15.4. The highest BCUT2D eigenvalue weighted by atomic mass is 19.2. The third-order valence-corrected chi connectivity index (χ3v) is 2.84. The second kappa shape index (κ2) is 6.74. The molecule has 1 amide bonds. The molecule has 1 aromatic carbocycles. The highest BCUT2D eigenvalue weighted by Crippen LogP contribution is 2.16. The molecule has 0 aliphatic heterocycles. The van der Waals surface area contributed by atoms with Gasteiger partial charge in [-0.15, -0.1) is 0 Å². The van der Waals surface area contributed by atoms with Crippen LogP contribution in [0.4, 0.5) is 13.2 Å². The van der Waals surface area contributed by atoms with E-state index in [1.54, 1.807) is 13.8 Å². The Hall–Kier alpha value is -1.56. The fourth-order valence-corrected chi connectivity index (χ4v) is 1.85. The standard InChI is InChI=1S/C14H18F3NO2/c1-8(2)18(7-9(3)19)14(20)5-10-4-12(16)13(17)6-11(10)15/h4,6,8-9,19H,5,7H2,1-3H3. The Morgan fingerprint density at radius 2 is 1.70 bits per heavy atom. The number of amides is 1. The van der Waals surface area contributed by atoms with Crippen molar-refractivity contribution < 1.29 is 23.1 Å². The van der Waals surface area contributed by atoms with E-state index in [2.05, 4.69) is 0 Å². The molecule has 0 saturated carbocycles. The molecule has 0 spiro atoms. The van der Waals surface area contributed by atoms with E-state index in [4.69, 9.17) is 0 Å². The molecule has 0 aliphatic carbocycles. The molecule has 1 atom stereocenters. The van der Waals surface area contributed by atoms with Crippen molar-refractivity contribution in [1.82, 2.24) is 4.90 Å². The van der Waals surface area contributed by atoms with Crippen LogP contribution in [0.3, 0.4) is 0 Å². The summed E-state index contributed by atoms with van der Waals surface area (Å²) in [6.45, 7) is 5.13. The highest BCUT2D eigenvalue weighted by molar-refractivity contribution is 5.79. The van der Waals surface area contributed by atoms with Crippen LogP contribution in [-0.2, 0) is 11.2 Å². The third-order valence-electron chi connectivity index (χ3n) is 2.84. The van der Waals surface area contributed by atoms with Crippen LogP contribution in [0.5, 0.6) is 0 Å². The second-order valence-electron chi connectivity index (χ2n) is 5.02. The van der Waals surface area contributed by atoms with Crippen LogP contribution in [0, 0.1) is 17.5 Å². The quantitative estimate of drug-likeness (QED) is 0.845. The minimum atomic E-state index is -1.29. The number of carbonyl (C=O) groups excluding carboxylic acids is 1. The molecule has 1 N–H and O–H groups in total. The first-order valence-corrected chi connectivity index (χ1v) is 6.33. The van der Waals surface area contributed by atoms with Crippen LogP contribution in [-0.4, -0.2) is 34.6 Å². The summed E-state index contributed by atoms with van der Waals surface area (Å²) in [7, 11) is 0. The van der Waals surface area contributed by atoms with Gasteiger partial charge < -0.3 is 10.0 Å². The number of halogens is 3. The van der Waals surface area contributed by atoms with Gasteiger partial charge in [-0.2, -0.15) is 0 Å². The van der Waals surface area contributed by atoms with Crippen molar-refractivity contribution in [1.29, 1.82) is 0 Å². The van der Waals surface area contributed by atoms with Gasteiger partial charge in [0, 0.05) is 24.2 Å². The minimum Gasteiger partial charge on any atom is -0.392 e. The van der Waals surface area contributed by atoms with Crippen molar-refractivity contribution in [2.75, 3.05) is 6.54 Å². The summed E-state index contributed by atoms with van der Waals surface area (Å²) in [4.78, 5) is 13.4. The summed E-state index contributed by atoms with van der Waals surface area (Å²) in [5.74, 6) is -3.90. The predicted molar refractivity (Wildman–Crippen MR) is 68.5 cm³/mol. The van der Waals surface area contributed by atoms with E-state index < -0.39 is 29.5 Å². The molecular formula is C14H18F3NO2. The largest absolute Gasteiger partial charge is 0.392 e. The van der Waals surface area contributed by atoms with Gasteiger partial charge in [0.2, 0.25) is 5.91 Å². The van der Waals surface area contributed by atoms with E-state index in [1.807, 2.05) is 0 Å². The van der Waals surface area contributed by atoms with Crippen LogP contribution in [0.15, 0.2) is 12.1 Å². The van der Waals surface area contributed by atoms with Crippen molar-refractivity contribution in [3.8, 4) is 0 Å². The molecule has 112 valence electrons. The molecule has 20 heavy (non-hydrogen) atoms. The first kappa shape index (κ1) is 16.5. The van der Waals surface area contributed by atoms with Crippen LogP contribution < -0.4 is 0 Å². The molecule has 1 aromatic rings. The van der Waals surface area contributed by atoms with Gasteiger partial charge in [-0.25, -0.2) is 13.2 Å². The maximum absolute atomic E-state index is 13.5. The molecule has 0 heterocycles. The zero-order valence-electron chi connectivity index (χ0n) is 11.7. The van der Waals surface area contributed by atoms with Gasteiger partial charge in [-0.1, -0.05) is 0 Å². The summed E-state index contributed by atoms with van der Waals surface area (Å²) >= 11 is 0. The Bertz CT molecular complexity index is 490. The molecule has 3 nitrogen and oxygen atoms in total. The second-order valence-corrected chi connectivity index (χ2v) is 5.02. The normalized spacial score (nSPS) is 12.6. The lowest BCUT2D eigenvalue weighted by molar-refractivity contribution is -0.133. The highest BCUT2D eigenvalue weighted by Gasteiger charge is 2.21. The van der Waals surface area contributed by atoms with Crippen LogP contribution in [0.2, 0.25) is 0 Å². The number of hydrogen-bond donors (Lipinski definition) is 1. The minimum absolute atomic E-state index is 0.0990. The number of nitrogens with zero attached hydrogens (tertiary/aromatic N) is 1. The van der Waals surface area contributed by atoms with E-state index in [0.29, 0.717) is 12.1 Å². The van der Waals surface area contributed by atoms with Crippen molar-refractivity contribution in [2.45, 2.75) is 39.3 Å². The Morgan fingerprint density at radius 1 is 1.15 bits per heavy atom. The lowest BCUT2D eigenvalue weighted by Crippen LogP contribution is -2.42. The van der Waals surface area contributed by atoms with E-state index in [9.17, 15) is 23.1 Å². The molecule has 0 bridgehead atoms. The first-order chi connectivity index (χ1) is 9.22. The molecule has 0 fully saturated rings. The molecule has 6 heteroatoms. The number of carbonyl (C=O) groups is 1. The Kier molecular flexibility index (Phi) is 5.56. The fourth-order valence-electron chi connectivity index (χ4n) is 1.85. The number of hydrogen-bond acceptors (Lipinski definition) is 2. The van der Waals surface area contributed by atoms with Gasteiger partial charge in [0.25, 0.3) is 0 Å². The molecule has 0 aromatic heterocycles. The SMILES string of the molecule is CC(O)CN(C(=O)Cc1cc(F)c(F)cc1F)C(C)C. The summed E-state index contributed by atoms with van der Waals surface area (Å²) in [5.41, 5.74) is -0.204. The summed E-state index contributed by atoms with van der Waals surface area (Å²) in [6.07, 6.45) is -1.11. The molecular weight excluding hydrogens is 271 g/mol. The number of benzene rings is 1. The first-order valence-electron chi connectivity index (χ1n) is 6.33. The van der Waals surface area contributed by atoms with Crippen molar-refractivity contribution in [3.63, 3.8) is 0 Å². The molecule has 1 unspecified atom stereocenters. The monoisotopic (exact) mass is 289 g/mol. The molecule has 0 aliphatic rings. The van der Waals surface area contributed by atoms with Gasteiger partial charge in [0.15, 0.2) is 11.6 Å². The van der Waals surface area contributed by atoms with Gasteiger partial charge in [-0.05, 0) is 26.8 Å². The Balaban J connectivity index is 2.91. The predicted octanol–water partition coefficient (Wildman–Crippen LogP) is 2.26. The molecule has 0 radical (unpaired) electrons. The van der Waals surface area contributed by atoms with Crippen LogP contribution in [0.1, 0.15) is 26.3 Å². The average Bonchev–Trinajstić information content (AvgIpc) is 2.32. The summed E-state index contributed by atoms with van der Waals surface area (Å²) in [6, 6.07) is 0.918. The van der Waals surface area contributed by atoms with Crippen molar-refractivity contribution >= 4 is 5.91 Å². The maximum Gasteiger partial charge on any atom is 0.227 e. The van der Waals surface area contributed by atoms with E-state index in [0.717, 1.165) is 0 Å². The zero-order valence-corrected chi connectivity index (χ0v) is 11.7. The smallest absolute Gasteiger partial charge is 0.227 e. The van der Waals surface area contributed by atoms with Gasteiger partial charge in [-0.3, -0.25) is 4.79 Å². The topological polar surface area (TPSA) is 40.5 Å². The van der Waals surface area contributed by atoms with E-state index >= 15 is 0 Å². The number of aliphatic hydroxyl groups is 1. The van der Waals surface area contributed by atoms with Crippen LogP contribution >= 0.6 is 0 Å². The molecule has 0 saturated heterocycles. The Morgan fingerprint density at radius 3 is 2.20 bits per heavy atom. The van der Waals surface area contributed by atoms with Gasteiger partial charge in [0.1, 0.15) is 5.82 Å². The van der Waals surface area contributed by atoms with Gasteiger partial charge in [0.05, 0.1) is 12.5 Å². The summed E-state index contributed by atoms with van der Waals surface area (Å²) in [5, 5.41) is 9.34. The van der Waals surface area contributed by atoms with E-state index in [-0.39, 0.29) is 24.6 Å². The van der Waals surface area contributed by atoms with Crippen LogP contribution in [0.25, 0.3) is 0 Å². The number of aliphatic hydroxyl groups excluding tert-OH is 1. The maximum atomic E-state index is 13.5. The van der Waals surface area contributed by atoms with E-state index in [1.165, 1.54) is 11.8 Å². The summed E-state index contributed by atoms with van der Waals surface area (Å²) < 4.78 is 39.4. The average molecular weight is 289 g/mol. The number of rotatable bonds is 5. The van der Waals surface area contributed by atoms with Gasteiger partial charge >= 0.3 is 0 Å².